The molecule has 2 unspecified atom stereocenters. The highest BCUT2D eigenvalue weighted by atomic mass is 79.9. The first-order valence-corrected chi connectivity index (χ1v) is 8.31. The lowest BCUT2D eigenvalue weighted by Gasteiger charge is -2.33. The summed E-state index contributed by atoms with van der Waals surface area (Å²) in [4.78, 5) is 0. The van der Waals surface area contributed by atoms with Crippen molar-refractivity contribution in [3.05, 3.63) is 64.1 Å². The van der Waals surface area contributed by atoms with E-state index in [1.165, 1.54) is 11.1 Å². The Labute approximate surface area is 134 Å². The third-order valence-corrected chi connectivity index (χ3v) is 4.37. The maximum atomic E-state index is 6.22. The fourth-order valence-corrected chi connectivity index (χ4v) is 3.26. The maximum Gasteiger partial charge on any atom is 0.126 e. The molecule has 1 aliphatic rings. The van der Waals surface area contributed by atoms with E-state index >= 15 is 0 Å². The zero-order valence-electron chi connectivity index (χ0n) is 12.2. The van der Waals surface area contributed by atoms with Crippen molar-refractivity contribution in [3.8, 4) is 5.75 Å². The molecular weight excluding hydrogens is 326 g/mol. The molecule has 110 valence electrons. The number of fused-ring (bicyclic) bond motifs is 1. The van der Waals surface area contributed by atoms with Gasteiger partial charge in [-0.15, -0.1) is 0 Å². The van der Waals surface area contributed by atoms with Crippen LogP contribution in [0.3, 0.4) is 0 Å². The minimum absolute atomic E-state index is 0.103. The fourth-order valence-electron chi connectivity index (χ4n) is 2.84. The number of hydrogen-bond acceptors (Lipinski definition) is 2. The highest BCUT2D eigenvalue weighted by Gasteiger charge is 2.28. The Morgan fingerprint density at radius 3 is 2.86 bits per heavy atom. The molecule has 21 heavy (non-hydrogen) atoms. The van der Waals surface area contributed by atoms with E-state index in [0.29, 0.717) is 6.04 Å². The lowest BCUT2D eigenvalue weighted by Crippen LogP contribution is -2.29. The van der Waals surface area contributed by atoms with Gasteiger partial charge in [0.15, 0.2) is 0 Å². The summed E-state index contributed by atoms with van der Waals surface area (Å²) in [7, 11) is 0. The summed E-state index contributed by atoms with van der Waals surface area (Å²) < 4.78 is 7.32. The Balaban J connectivity index is 1.89. The van der Waals surface area contributed by atoms with Gasteiger partial charge >= 0.3 is 0 Å². The predicted molar refractivity (Wildman–Crippen MR) is 89.6 cm³/mol. The second kappa shape index (κ2) is 6.63. The highest BCUT2D eigenvalue weighted by Crippen LogP contribution is 2.40. The first-order chi connectivity index (χ1) is 10.3. The molecule has 1 N–H and O–H groups in total. The maximum absolute atomic E-state index is 6.22. The van der Waals surface area contributed by atoms with Crippen molar-refractivity contribution in [2.24, 2.45) is 0 Å². The summed E-state index contributed by atoms with van der Waals surface area (Å²) in [6.45, 7) is 3.23. The summed E-state index contributed by atoms with van der Waals surface area (Å²) >= 11 is 3.55. The van der Waals surface area contributed by atoms with Crippen LogP contribution in [0, 0.1) is 0 Å². The van der Waals surface area contributed by atoms with Gasteiger partial charge in [0, 0.05) is 22.5 Å². The average molecular weight is 346 g/mol. The molecule has 1 aliphatic heterocycles. The van der Waals surface area contributed by atoms with Crippen LogP contribution in [-0.2, 0) is 0 Å². The van der Waals surface area contributed by atoms with Gasteiger partial charge < -0.3 is 10.1 Å². The van der Waals surface area contributed by atoms with Gasteiger partial charge in [0.25, 0.3) is 0 Å². The van der Waals surface area contributed by atoms with E-state index < -0.39 is 0 Å². The van der Waals surface area contributed by atoms with Crippen molar-refractivity contribution in [2.75, 3.05) is 6.54 Å². The number of ether oxygens (including phenoxy) is 1. The first kappa shape index (κ1) is 14.6. The Morgan fingerprint density at radius 1 is 1.19 bits per heavy atom. The van der Waals surface area contributed by atoms with Crippen LogP contribution in [-0.4, -0.2) is 6.54 Å². The van der Waals surface area contributed by atoms with Crippen molar-refractivity contribution < 1.29 is 4.74 Å². The van der Waals surface area contributed by atoms with Gasteiger partial charge in [-0.3, -0.25) is 0 Å². The zero-order valence-corrected chi connectivity index (χ0v) is 13.8. The molecule has 2 nitrogen and oxygen atoms in total. The molecule has 0 amide bonds. The Hall–Kier alpha value is -1.32. The lowest BCUT2D eigenvalue weighted by atomic mass is 9.93. The zero-order chi connectivity index (χ0) is 14.7. The molecule has 3 rings (SSSR count). The minimum atomic E-state index is 0.103. The topological polar surface area (TPSA) is 21.3 Å². The normalized spacial score (nSPS) is 20.7. The van der Waals surface area contributed by atoms with Gasteiger partial charge in [-0.05, 0) is 36.7 Å². The van der Waals surface area contributed by atoms with Crippen LogP contribution in [0.5, 0.6) is 5.75 Å². The molecule has 0 saturated heterocycles. The van der Waals surface area contributed by atoms with E-state index in [2.05, 4.69) is 64.6 Å². The summed E-state index contributed by atoms with van der Waals surface area (Å²) in [5.41, 5.74) is 2.50. The SMILES string of the molecule is CCCNC1CC(c2cccc(Br)c2)Oc2ccccc21. The van der Waals surface area contributed by atoms with Crippen LogP contribution >= 0.6 is 15.9 Å². The quantitative estimate of drug-likeness (QED) is 0.840. The van der Waals surface area contributed by atoms with E-state index in [9.17, 15) is 0 Å². The van der Waals surface area contributed by atoms with Crippen molar-refractivity contribution >= 4 is 15.9 Å². The fraction of sp³-hybridized carbons (Fsp3) is 0.333. The molecule has 0 aromatic heterocycles. The van der Waals surface area contributed by atoms with E-state index in [4.69, 9.17) is 4.74 Å². The standard InChI is InChI=1S/C18H20BrNO/c1-2-10-20-16-12-18(13-6-5-7-14(19)11-13)21-17-9-4-3-8-15(16)17/h3-9,11,16,18,20H,2,10,12H2,1H3. The summed E-state index contributed by atoms with van der Waals surface area (Å²) in [6, 6.07) is 17.1. The molecule has 0 fully saturated rings. The third kappa shape index (κ3) is 3.30. The number of rotatable bonds is 4. The molecule has 2 aromatic carbocycles. The van der Waals surface area contributed by atoms with Crippen molar-refractivity contribution in [3.63, 3.8) is 0 Å². The number of halogens is 1. The Kier molecular flexibility index (Phi) is 4.61. The minimum Gasteiger partial charge on any atom is -0.485 e. The van der Waals surface area contributed by atoms with Crippen LogP contribution in [0.2, 0.25) is 0 Å². The van der Waals surface area contributed by atoms with Crippen molar-refractivity contribution in [1.29, 1.82) is 0 Å². The molecule has 0 saturated carbocycles. The van der Waals surface area contributed by atoms with E-state index in [1.807, 2.05) is 12.1 Å². The van der Waals surface area contributed by atoms with Gasteiger partial charge in [0.1, 0.15) is 11.9 Å². The Morgan fingerprint density at radius 2 is 2.05 bits per heavy atom. The molecule has 0 bridgehead atoms. The number of benzene rings is 2. The van der Waals surface area contributed by atoms with E-state index in [-0.39, 0.29) is 6.10 Å². The van der Waals surface area contributed by atoms with Gasteiger partial charge in [-0.1, -0.05) is 53.2 Å². The third-order valence-electron chi connectivity index (χ3n) is 3.87. The lowest BCUT2D eigenvalue weighted by molar-refractivity contribution is 0.151. The van der Waals surface area contributed by atoms with Crippen molar-refractivity contribution in [1.82, 2.24) is 5.32 Å². The summed E-state index contributed by atoms with van der Waals surface area (Å²) in [5, 5.41) is 3.65. The molecule has 3 heteroatoms. The van der Waals surface area contributed by atoms with Gasteiger partial charge in [0.05, 0.1) is 0 Å². The molecule has 0 radical (unpaired) electrons. The second-order valence-electron chi connectivity index (χ2n) is 5.44. The largest absolute Gasteiger partial charge is 0.485 e. The highest BCUT2D eigenvalue weighted by molar-refractivity contribution is 9.10. The van der Waals surface area contributed by atoms with Crippen molar-refractivity contribution in [2.45, 2.75) is 31.9 Å². The smallest absolute Gasteiger partial charge is 0.126 e. The molecule has 0 aliphatic carbocycles. The summed E-state index contributed by atoms with van der Waals surface area (Å²) in [5.74, 6) is 1.00. The van der Waals surface area contributed by atoms with Crippen LogP contribution in [0.15, 0.2) is 53.0 Å². The molecular formula is C18H20BrNO. The van der Waals surface area contributed by atoms with E-state index in [1.54, 1.807) is 0 Å². The first-order valence-electron chi connectivity index (χ1n) is 7.52. The van der Waals surface area contributed by atoms with Gasteiger partial charge in [-0.25, -0.2) is 0 Å². The van der Waals surface area contributed by atoms with Gasteiger partial charge in [-0.2, -0.15) is 0 Å². The van der Waals surface area contributed by atoms with Gasteiger partial charge in [0.2, 0.25) is 0 Å². The van der Waals surface area contributed by atoms with Crippen LogP contribution < -0.4 is 10.1 Å². The van der Waals surface area contributed by atoms with E-state index in [0.717, 1.165) is 29.6 Å². The molecule has 2 atom stereocenters. The van der Waals surface area contributed by atoms with Crippen LogP contribution in [0.1, 0.15) is 43.0 Å². The number of hydrogen-bond donors (Lipinski definition) is 1. The number of para-hydroxylation sites is 1. The molecule has 2 aromatic rings. The van der Waals surface area contributed by atoms with Crippen LogP contribution in [0.4, 0.5) is 0 Å². The summed E-state index contributed by atoms with van der Waals surface area (Å²) in [6.07, 6.45) is 2.21. The molecule has 0 spiro atoms. The Bertz CT molecular complexity index is 614. The average Bonchev–Trinajstić information content (AvgIpc) is 2.52. The second-order valence-corrected chi connectivity index (χ2v) is 6.36. The monoisotopic (exact) mass is 345 g/mol. The predicted octanol–water partition coefficient (Wildman–Crippen LogP) is 5.01. The van der Waals surface area contributed by atoms with Crippen LogP contribution in [0.25, 0.3) is 0 Å². The molecule has 1 heterocycles. The number of nitrogens with one attached hydrogen (secondary N) is 1.